The molecule has 2 fully saturated rings. The number of halogens is 2. The first-order chi connectivity index (χ1) is 10.9. The second kappa shape index (κ2) is 6.85. The molecule has 6 nitrogen and oxygen atoms in total. The molecule has 2 saturated heterocycles. The van der Waals surface area contributed by atoms with E-state index in [1.54, 1.807) is 4.90 Å². The van der Waals surface area contributed by atoms with E-state index in [0.29, 0.717) is 24.0 Å². The van der Waals surface area contributed by atoms with Crippen LogP contribution in [0.25, 0.3) is 0 Å². The topological polar surface area (TPSA) is 66.9 Å². The molecule has 0 spiro atoms. The summed E-state index contributed by atoms with van der Waals surface area (Å²) in [5.74, 6) is -0.0452. The summed E-state index contributed by atoms with van der Waals surface area (Å²) in [5.41, 5.74) is 0. The molecule has 1 atom stereocenters. The van der Waals surface area contributed by atoms with Gasteiger partial charge in [0.05, 0.1) is 4.34 Å². The summed E-state index contributed by atoms with van der Waals surface area (Å²) in [6.07, 6.45) is 1.26. The maximum atomic E-state index is 12.6. The molecule has 23 heavy (non-hydrogen) atoms. The molecule has 0 aliphatic carbocycles. The quantitative estimate of drug-likeness (QED) is 0.781. The predicted octanol–water partition coefficient (Wildman–Crippen LogP) is 2.07. The highest BCUT2D eigenvalue weighted by Gasteiger charge is 2.35. The molecule has 3 rings (SSSR count). The fraction of sp³-hybridized carbons (Fsp3) is 0.615. The van der Waals surface area contributed by atoms with Gasteiger partial charge in [-0.3, -0.25) is 4.79 Å². The number of ether oxygens (including phenoxy) is 1. The Kier molecular flexibility index (Phi) is 5.20. The molecule has 2 aliphatic heterocycles. The molecule has 0 bridgehead atoms. The van der Waals surface area contributed by atoms with Crippen molar-refractivity contribution in [2.45, 2.75) is 23.8 Å². The zero-order valence-corrected chi connectivity index (χ0v) is 15.3. The lowest BCUT2D eigenvalue weighted by Gasteiger charge is -2.34. The van der Waals surface area contributed by atoms with Crippen LogP contribution in [0.2, 0.25) is 8.67 Å². The van der Waals surface area contributed by atoms with Gasteiger partial charge in [-0.1, -0.05) is 23.2 Å². The number of nitrogens with zero attached hydrogens (tertiary/aromatic N) is 2. The summed E-state index contributed by atoms with van der Waals surface area (Å²) >= 11 is 12.8. The van der Waals surface area contributed by atoms with E-state index >= 15 is 0 Å². The van der Waals surface area contributed by atoms with Crippen molar-refractivity contribution in [2.24, 2.45) is 0 Å². The van der Waals surface area contributed by atoms with Gasteiger partial charge in [-0.25, -0.2) is 8.42 Å². The Hall–Kier alpha value is -0.380. The lowest BCUT2D eigenvalue weighted by molar-refractivity contribution is -0.142. The van der Waals surface area contributed by atoms with Crippen molar-refractivity contribution in [1.29, 1.82) is 0 Å². The number of hydrogen-bond acceptors (Lipinski definition) is 5. The van der Waals surface area contributed by atoms with E-state index < -0.39 is 10.0 Å². The number of sulfonamides is 1. The van der Waals surface area contributed by atoms with E-state index in [4.69, 9.17) is 27.9 Å². The van der Waals surface area contributed by atoms with Gasteiger partial charge in [0.25, 0.3) is 5.91 Å². The minimum atomic E-state index is -3.68. The molecule has 0 saturated carbocycles. The number of carbonyl (C=O) groups is 1. The smallest absolute Gasteiger partial charge is 0.251 e. The Morgan fingerprint density at radius 2 is 1.96 bits per heavy atom. The third-order valence-corrected chi connectivity index (χ3v) is 7.65. The molecular formula is C13H16Cl2N2O4S2. The third-order valence-electron chi connectivity index (χ3n) is 4.00. The number of hydrogen-bond donors (Lipinski definition) is 0. The molecule has 2 aliphatic rings. The first kappa shape index (κ1) is 17.4. The molecule has 3 heterocycles. The Balaban J connectivity index is 1.66. The molecule has 1 amide bonds. The Bertz CT molecular complexity index is 693. The van der Waals surface area contributed by atoms with Crippen LogP contribution in [0.4, 0.5) is 0 Å². The van der Waals surface area contributed by atoms with Crippen LogP contribution >= 0.6 is 34.5 Å². The second-order valence-electron chi connectivity index (χ2n) is 5.42. The van der Waals surface area contributed by atoms with Gasteiger partial charge in [0.1, 0.15) is 15.3 Å². The van der Waals surface area contributed by atoms with Crippen LogP contribution in [0.15, 0.2) is 11.0 Å². The highest BCUT2D eigenvalue weighted by atomic mass is 35.5. The number of amides is 1. The second-order valence-corrected chi connectivity index (χ2v) is 9.61. The molecule has 1 aromatic rings. The molecule has 1 unspecified atom stereocenters. The summed E-state index contributed by atoms with van der Waals surface area (Å²) in [5, 5.41) is 0. The van der Waals surface area contributed by atoms with Crippen LogP contribution in [-0.4, -0.2) is 62.4 Å². The van der Waals surface area contributed by atoms with E-state index in [9.17, 15) is 13.2 Å². The zero-order valence-electron chi connectivity index (χ0n) is 12.2. The molecule has 0 N–H and O–H groups in total. The van der Waals surface area contributed by atoms with Gasteiger partial charge in [-0.15, -0.1) is 11.3 Å². The largest absolute Gasteiger partial charge is 0.368 e. The summed E-state index contributed by atoms with van der Waals surface area (Å²) in [7, 11) is -3.68. The highest BCUT2D eigenvalue weighted by Crippen LogP contribution is 2.36. The van der Waals surface area contributed by atoms with Crippen molar-refractivity contribution < 1.29 is 17.9 Å². The van der Waals surface area contributed by atoms with Crippen molar-refractivity contribution >= 4 is 50.5 Å². The Morgan fingerprint density at radius 1 is 1.26 bits per heavy atom. The Labute approximate surface area is 149 Å². The maximum Gasteiger partial charge on any atom is 0.251 e. The molecule has 0 aromatic carbocycles. The van der Waals surface area contributed by atoms with Crippen molar-refractivity contribution in [3.05, 3.63) is 14.7 Å². The van der Waals surface area contributed by atoms with E-state index in [1.807, 2.05) is 0 Å². The van der Waals surface area contributed by atoms with Crippen LogP contribution in [-0.2, 0) is 19.6 Å². The molecule has 1 aromatic heterocycles. The van der Waals surface area contributed by atoms with Gasteiger partial charge in [-0.05, 0) is 18.9 Å². The maximum absolute atomic E-state index is 12.6. The molecule has 128 valence electrons. The van der Waals surface area contributed by atoms with Gasteiger partial charge in [0, 0.05) is 32.8 Å². The van der Waals surface area contributed by atoms with E-state index in [2.05, 4.69) is 0 Å². The van der Waals surface area contributed by atoms with Gasteiger partial charge in [0.2, 0.25) is 10.0 Å². The van der Waals surface area contributed by atoms with Gasteiger partial charge in [0.15, 0.2) is 0 Å². The number of carbonyl (C=O) groups excluding carboxylic acids is 1. The van der Waals surface area contributed by atoms with Crippen LogP contribution in [0.3, 0.4) is 0 Å². The SMILES string of the molecule is O=C(C1CCCO1)N1CCN(S(=O)(=O)c2cc(Cl)sc2Cl)CC1. The third kappa shape index (κ3) is 3.52. The molecule has 0 radical (unpaired) electrons. The minimum Gasteiger partial charge on any atom is -0.368 e. The first-order valence-electron chi connectivity index (χ1n) is 7.25. The van der Waals surface area contributed by atoms with Crippen LogP contribution < -0.4 is 0 Å². The zero-order chi connectivity index (χ0) is 16.6. The standard InChI is InChI=1S/C13H16Cl2N2O4S2/c14-11-8-10(12(15)22-11)23(19,20)17-5-3-16(4-6-17)13(18)9-2-1-7-21-9/h8-9H,1-7H2. The number of thiophene rings is 1. The predicted molar refractivity (Wildman–Crippen MR) is 88.7 cm³/mol. The normalized spacial score (nSPS) is 23.4. The average Bonchev–Trinajstić information content (AvgIpc) is 3.16. The fourth-order valence-corrected chi connectivity index (χ4v) is 6.30. The fourth-order valence-electron chi connectivity index (χ4n) is 2.77. The summed E-state index contributed by atoms with van der Waals surface area (Å²) in [6, 6.07) is 1.37. The van der Waals surface area contributed by atoms with Gasteiger partial charge in [-0.2, -0.15) is 4.31 Å². The average molecular weight is 399 g/mol. The number of rotatable bonds is 3. The summed E-state index contributed by atoms with van der Waals surface area (Å²) in [4.78, 5) is 14.0. The number of piperazine rings is 1. The Morgan fingerprint density at radius 3 is 2.48 bits per heavy atom. The minimum absolute atomic E-state index is 0.0352. The lowest BCUT2D eigenvalue weighted by atomic mass is 10.2. The van der Waals surface area contributed by atoms with Crippen molar-refractivity contribution in [3.8, 4) is 0 Å². The van der Waals surface area contributed by atoms with Crippen LogP contribution in [0.1, 0.15) is 12.8 Å². The van der Waals surface area contributed by atoms with E-state index in [1.165, 1.54) is 10.4 Å². The molecular weight excluding hydrogens is 383 g/mol. The van der Waals surface area contributed by atoms with Crippen molar-refractivity contribution in [2.75, 3.05) is 32.8 Å². The van der Waals surface area contributed by atoms with Crippen molar-refractivity contribution in [3.63, 3.8) is 0 Å². The summed E-state index contributed by atoms with van der Waals surface area (Å²) < 4.78 is 32.5. The molecule has 10 heteroatoms. The van der Waals surface area contributed by atoms with Crippen LogP contribution in [0.5, 0.6) is 0 Å². The first-order valence-corrected chi connectivity index (χ1v) is 10.3. The van der Waals surface area contributed by atoms with Gasteiger partial charge >= 0.3 is 0 Å². The van der Waals surface area contributed by atoms with Gasteiger partial charge < -0.3 is 9.64 Å². The van der Waals surface area contributed by atoms with Crippen LogP contribution in [0, 0.1) is 0 Å². The highest BCUT2D eigenvalue weighted by molar-refractivity contribution is 7.89. The van der Waals surface area contributed by atoms with E-state index in [-0.39, 0.29) is 34.3 Å². The summed E-state index contributed by atoms with van der Waals surface area (Å²) in [6.45, 7) is 1.80. The van der Waals surface area contributed by atoms with Crippen molar-refractivity contribution in [1.82, 2.24) is 9.21 Å². The van der Waals surface area contributed by atoms with E-state index in [0.717, 1.165) is 24.2 Å². The lowest BCUT2D eigenvalue weighted by Crippen LogP contribution is -2.52. The monoisotopic (exact) mass is 398 g/mol.